The summed E-state index contributed by atoms with van der Waals surface area (Å²) in [5.41, 5.74) is 2.06. The van der Waals surface area contributed by atoms with Crippen LogP contribution in [0.2, 0.25) is 0 Å². The Hall–Kier alpha value is -2.71. The van der Waals surface area contributed by atoms with Crippen LogP contribution in [-0.4, -0.2) is 84.3 Å². The summed E-state index contributed by atoms with van der Waals surface area (Å²) in [6.07, 6.45) is 4.56. The number of carbonyl (C=O) groups is 1. The molecule has 8 nitrogen and oxygen atoms in total. The SMILES string of the molecule is O=CN1Cc2ccccc2N2CCN(c3ncccn3)CC2(N2CCOCC2)C1. The van der Waals surface area contributed by atoms with Crippen molar-refractivity contribution in [3.63, 3.8) is 0 Å². The molecule has 8 heteroatoms. The van der Waals surface area contributed by atoms with E-state index in [9.17, 15) is 4.79 Å². The summed E-state index contributed by atoms with van der Waals surface area (Å²) in [5, 5.41) is 0. The highest BCUT2D eigenvalue weighted by Crippen LogP contribution is 2.38. The van der Waals surface area contributed by atoms with Gasteiger partial charge in [-0.25, -0.2) is 9.97 Å². The van der Waals surface area contributed by atoms with Crippen molar-refractivity contribution in [2.24, 2.45) is 0 Å². The molecule has 1 amide bonds. The monoisotopic (exact) mass is 394 g/mol. The van der Waals surface area contributed by atoms with Crippen molar-refractivity contribution in [3.8, 4) is 0 Å². The van der Waals surface area contributed by atoms with Crippen molar-refractivity contribution in [3.05, 3.63) is 48.3 Å². The van der Waals surface area contributed by atoms with E-state index in [2.05, 4.69) is 48.9 Å². The second kappa shape index (κ2) is 7.61. The molecule has 0 saturated carbocycles. The normalized spacial score (nSPS) is 25.2. The third-order valence-corrected chi connectivity index (χ3v) is 6.24. The molecular formula is C21H26N6O2. The van der Waals surface area contributed by atoms with Crippen LogP contribution in [0.15, 0.2) is 42.7 Å². The molecule has 0 aliphatic carbocycles. The number of hydrogen-bond acceptors (Lipinski definition) is 7. The Morgan fingerprint density at radius 3 is 2.55 bits per heavy atom. The predicted octanol–water partition coefficient (Wildman–Crippen LogP) is 0.804. The standard InChI is InChI=1S/C21H26N6O2/c28-17-24-14-18-4-1-2-5-19(18)27-9-8-25(20-22-6-3-7-23-20)16-21(27,15-24)26-10-12-29-13-11-26/h1-7,17H,8-16H2. The van der Waals surface area contributed by atoms with Crippen LogP contribution in [0, 0.1) is 0 Å². The fourth-order valence-electron chi connectivity index (χ4n) is 4.94. The van der Waals surface area contributed by atoms with Crippen LogP contribution in [0.1, 0.15) is 5.56 Å². The summed E-state index contributed by atoms with van der Waals surface area (Å²) in [6.45, 7) is 6.78. The van der Waals surface area contributed by atoms with Gasteiger partial charge in [-0.15, -0.1) is 0 Å². The smallest absolute Gasteiger partial charge is 0.225 e. The first-order valence-corrected chi connectivity index (χ1v) is 10.2. The average Bonchev–Trinajstić information content (AvgIpc) is 2.94. The van der Waals surface area contributed by atoms with Gasteiger partial charge in [0.25, 0.3) is 0 Å². The summed E-state index contributed by atoms with van der Waals surface area (Å²) >= 11 is 0. The Morgan fingerprint density at radius 2 is 1.76 bits per heavy atom. The summed E-state index contributed by atoms with van der Waals surface area (Å²) < 4.78 is 5.65. The third kappa shape index (κ3) is 3.22. The Labute approximate surface area is 170 Å². The number of carbonyl (C=O) groups excluding carboxylic acids is 1. The number of ether oxygens (including phenoxy) is 1. The lowest BCUT2D eigenvalue weighted by Crippen LogP contribution is -2.75. The molecule has 152 valence electrons. The average molecular weight is 394 g/mol. The number of amides is 1. The lowest BCUT2D eigenvalue weighted by molar-refractivity contribution is -0.121. The fourth-order valence-corrected chi connectivity index (χ4v) is 4.94. The molecule has 2 aromatic rings. The van der Waals surface area contributed by atoms with E-state index in [4.69, 9.17) is 4.74 Å². The summed E-state index contributed by atoms with van der Waals surface area (Å²) in [7, 11) is 0. The lowest BCUT2D eigenvalue weighted by atomic mass is 9.99. The van der Waals surface area contributed by atoms with Gasteiger partial charge in [-0.3, -0.25) is 9.69 Å². The first kappa shape index (κ1) is 18.3. The van der Waals surface area contributed by atoms with Crippen molar-refractivity contribution in [2.75, 3.05) is 62.3 Å². The van der Waals surface area contributed by atoms with Gasteiger partial charge in [0.2, 0.25) is 12.4 Å². The molecule has 0 spiro atoms. The number of hydrogen-bond donors (Lipinski definition) is 0. The maximum absolute atomic E-state index is 12.0. The highest BCUT2D eigenvalue weighted by molar-refractivity contribution is 5.61. The van der Waals surface area contributed by atoms with Crippen molar-refractivity contribution < 1.29 is 9.53 Å². The molecule has 0 radical (unpaired) electrons. The highest BCUT2D eigenvalue weighted by Gasteiger charge is 2.50. The van der Waals surface area contributed by atoms with E-state index in [1.165, 1.54) is 11.3 Å². The zero-order valence-corrected chi connectivity index (χ0v) is 16.5. The van der Waals surface area contributed by atoms with Crippen LogP contribution >= 0.6 is 0 Å². The highest BCUT2D eigenvalue weighted by atomic mass is 16.5. The molecule has 4 heterocycles. The lowest BCUT2D eigenvalue weighted by Gasteiger charge is -2.57. The number of nitrogens with zero attached hydrogens (tertiary/aromatic N) is 6. The van der Waals surface area contributed by atoms with E-state index in [1.807, 2.05) is 11.0 Å². The molecular weight excluding hydrogens is 368 g/mol. The molecule has 5 rings (SSSR count). The number of anilines is 2. The molecule has 3 aliphatic heterocycles. The van der Waals surface area contributed by atoms with Crippen LogP contribution in [0.3, 0.4) is 0 Å². The minimum absolute atomic E-state index is 0.352. The van der Waals surface area contributed by atoms with Gasteiger partial charge in [0.1, 0.15) is 5.66 Å². The van der Waals surface area contributed by atoms with Gasteiger partial charge < -0.3 is 19.4 Å². The largest absolute Gasteiger partial charge is 0.379 e. The molecule has 2 fully saturated rings. The molecule has 2 saturated heterocycles. The number of piperazine rings is 1. The molecule has 1 aromatic heterocycles. The topological polar surface area (TPSA) is 65.0 Å². The Kier molecular flexibility index (Phi) is 4.81. The summed E-state index contributed by atoms with van der Waals surface area (Å²) in [6, 6.07) is 10.3. The molecule has 0 bridgehead atoms. The van der Waals surface area contributed by atoms with E-state index in [-0.39, 0.29) is 5.66 Å². The minimum atomic E-state index is -0.352. The second-order valence-electron chi connectivity index (χ2n) is 7.84. The van der Waals surface area contributed by atoms with Crippen LogP contribution in [0.25, 0.3) is 0 Å². The Balaban J connectivity index is 1.61. The number of fused-ring (bicyclic) bond motifs is 3. The van der Waals surface area contributed by atoms with Crippen molar-refractivity contribution in [1.29, 1.82) is 0 Å². The molecule has 1 unspecified atom stereocenters. The second-order valence-corrected chi connectivity index (χ2v) is 7.84. The van der Waals surface area contributed by atoms with E-state index >= 15 is 0 Å². The number of benzene rings is 1. The van der Waals surface area contributed by atoms with Crippen LogP contribution < -0.4 is 9.80 Å². The fraction of sp³-hybridized carbons (Fsp3) is 0.476. The van der Waals surface area contributed by atoms with E-state index < -0.39 is 0 Å². The van der Waals surface area contributed by atoms with Gasteiger partial charge in [-0.05, 0) is 17.7 Å². The molecule has 0 N–H and O–H groups in total. The number of para-hydroxylation sites is 1. The van der Waals surface area contributed by atoms with E-state index in [0.717, 1.165) is 45.1 Å². The van der Waals surface area contributed by atoms with Gasteiger partial charge in [0.05, 0.1) is 26.3 Å². The van der Waals surface area contributed by atoms with Crippen LogP contribution in [0.5, 0.6) is 0 Å². The van der Waals surface area contributed by atoms with Gasteiger partial charge in [-0.2, -0.15) is 0 Å². The van der Waals surface area contributed by atoms with E-state index in [1.54, 1.807) is 12.4 Å². The maximum atomic E-state index is 12.0. The number of morpholine rings is 1. The number of aromatic nitrogens is 2. The van der Waals surface area contributed by atoms with E-state index in [0.29, 0.717) is 26.3 Å². The van der Waals surface area contributed by atoms with Crippen LogP contribution in [-0.2, 0) is 16.1 Å². The first-order valence-electron chi connectivity index (χ1n) is 10.2. The van der Waals surface area contributed by atoms with Gasteiger partial charge >= 0.3 is 0 Å². The molecule has 29 heavy (non-hydrogen) atoms. The third-order valence-electron chi connectivity index (χ3n) is 6.24. The molecule has 1 atom stereocenters. The quantitative estimate of drug-likeness (QED) is 0.714. The first-order chi connectivity index (χ1) is 14.3. The zero-order valence-electron chi connectivity index (χ0n) is 16.5. The Morgan fingerprint density at radius 1 is 0.966 bits per heavy atom. The summed E-state index contributed by atoms with van der Waals surface area (Å²) in [5.74, 6) is 0.745. The van der Waals surface area contributed by atoms with Gasteiger partial charge in [0, 0.05) is 50.8 Å². The van der Waals surface area contributed by atoms with Crippen LogP contribution in [0.4, 0.5) is 11.6 Å². The van der Waals surface area contributed by atoms with Gasteiger partial charge in [0.15, 0.2) is 0 Å². The van der Waals surface area contributed by atoms with Crippen molar-refractivity contribution in [2.45, 2.75) is 12.2 Å². The van der Waals surface area contributed by atoms with Crippen molar-refractivity contribution >= 4 is 18.0 Å². The van der Waals surface area contributed by atoms with Gasteiger partial charge in [-0.1, -0.05) is 18.2 Å². The Bertz CT molecular complexity index is 859. The predicted molar refractivity (Wildman–Crippen MR) is 110 cm³/mol. The minimum Gasteiger partial charge on any atom is -0.379 e. The summed E-state index contributed by atoms with van der Waals surface area (Å²) in [4.78, 5) is 30.1. The molecule has 3 aliphatic rings. The maximum Gasteiger partial charge on any atom is 0.225 e. The number of rotatable bonds is 3. The zero-order chi connectivity index (χ0) is 19.7. The van der Waals surface area contributed by atoms with Crippen molar-refractivity contribution in [1.82, 2.24) is 19.8 Å². The molecule has 1 aromatic carbocycles.